The summed E-state index contributed by atoms with van der Waals surface area (Å²) >= 11 is 1.59. The highest BCUT2D eigenvalue weighted by atomic mass is 32.1. The number of hydrogen-bond acceptors (Lipinski definition) is 6. The van der Waals surface area contributed by atoms with Crippen molar-refractivity contribution in [2.24, 2.45) is 11.5 Å². The molecule has 20 heavy (non-hydrogen) atoms. The molecule has 0 radical (unpaired) electrons. The molecule has 0 saturated carbocycles. The fraction of sp³-hybridized carbons (Fsp3) is 0.214. The van der Waals surface area contributed by atoms with E-state index in [1.54, 1.807) is 23.7 Å². The first-order chi connectivity index (χ1) is 9.66. The second-order valence-electron chi connectivity index (χ2n) is 4.69. The fourth-order valence-corrected chi connectivity index (χ4v) is 2.86. The lowest BCUT2D eigenvalue weighted by molar-refractivity contribution is 0.579. The number of pyridine rings is 1. The van der Waals surface area contributed by atoms with Crippen LogP contribution in [0.3, 0.4) is 0 Å². The monoisotopic (exact) mass is 285 g/mol. The number of rotatable bonds is 3. The number of hydrogen-bond donors (Lipinski definition) is 2. The molecular formula is C14H15N5S. The lowest BCUT2D eigenvalue weighted by Gasteiger charge is -2.16. The lowest BCUT2D eigenvalue weighted by Crippen LogP contribution is -2.32. The Kier molecular flexibility index (Phi) is 3.43. The van der Waals surface area contributed by atoms with Crippen molar-refractivity contribution in [2.75, 3.05) is 0 Å². The summed E-state index contributed by atoms with van der Waals surface area (Å²) in [6, 6.07) is 5.27. The summed E-state index contributed by atoms with van der Waals surface area (Å²) in [5, 5.41) is 1.99. The second kappa shape index (κ2) is 5.24. The molecule has 3 rings (SSSR count). The molecule has 2 unspecified atom stereocenters. The number of nitrogens with zero attached hydrogens (tertiary/aromatic N) is 3. The van der Waals surface area contributed by atoms with Crippen molar-refractivity contribution in [3.8, 4) is 11.4 Å². The van der Waals surface area contributed by atoms with Crippen LogP contribution in [0.25, 0.3) is 21.6 Å². The van der Waals surface area contributed by atoms with Gasteiger partial charge in [0, 0.05) is 24.0 Å². The van der Waals surface area contributed by atoms with Gasteiger partial charge in [-0.15, -0.1) is 11.3 Å². The van der Waals surface area contributed by atoms with Crippen LogP contribution in [0.15, 0.2) is 36.0 Å². The van der Waals surface area contributed by atoms with Crippen molar-refractivity contribution in [3.63, 3.8) is 0 Å². The average Bonchev–Trinajstić information content (AvgIpc) is 2.94. The average molecular weight is 285 g/mol. The van der Waals surface area contributed by atoms with Crippen molar-refractivity contribution in [1.29, 1.82) is 0 Å². The standard InChI is InChI=1S/C14H15N5S/c1-8(15)11(16)12-13-10(4-7-20-13)18-14(19-12)9-2-5-17-6-3-9/h2-8,11H,15-16H2,1H3. The van der Waals surface area contributed by atoms with Gasteiger partial charge in [-0.05, 0) is 30.5 Å². The molecular weight excluding hydrogens is 270 g/mol. The van der Waals surface area contributed by atoms with Gasteiger partial charge in [0.15, 0.2) is 5.82 Å². The van der Waals surface area contributed by atoms with Gasteiger partial charge in [-0.2, -0.15) is 0 Å². The second-order valence-corrected chi connectivity index (χ2v) is 5.60. The molecule has 3 aromatic rings. The molecule has 0 spiro atoms. The van der Waals surface area contributed by atoms with Gasteiger partial charge in [-0.1, -0.05) is 0 Å². The quantitative estimate of drug-likeness (QED) is 0.769. The summed E-state index contributed by atoms with van der Waals surface area (Å²) in [5.41, 5.74) is 14.8. The summed E-state index contributed by atoms with van der Waals surface area (Å²) in [7, 11) is 0. The Morgan fingerprint density at radius 2 is 1.85 bits per heavy atom. The Bertz CT molecular complexity index is 723. The van der Waals surface area contributed by atoms with E-state index in [4.69, 9.17) is 11.5 Å². The maximum absolute atomic E-state index is 6.19. The normalized spacial score (nSPS) is 14.3. The SMILES string of the molecule is CC(N)C(N)c1nc(-c2ccncc2)nc2ccsc12. The smallest absolute Gasteiger partial charge is 0.160 e. The molecule has 0 saturated heterocycles. The highest BCUT2D eigenvalue weighted by molar-refractivity contribution is 7.17. The molecule has 0 amide bonds. The van der Waals surface area contributed by atoms with Gasteiger partial charge in [0.25, 0.3) is 0 Å². The minimum atomic E-state index is -0.306. The van der Waals surface area contributed by atoms with Gasteiger partial charge in [0.1, 0.15) is 0 Å². The van der Waals surface area contributed by atoms with E-state index in [0.29, 0.717) is 5.82 Å². The van der Waals surface area contributed by atoms with Crippen molar-refractivity contribution in [1.82, 2.24) is 15.0 Å². The third-order valence-corrected chi connectivity index (χ3v) is 4.08. The van der Waals surface area contributed by atoms with Crippen LogP contribution in [0.1, 0.15) is 18.7 Å². The molecule has 102 valence electrons. The predicted molar refractivity (Wildman–Crippen MR) is 81.2 cm³/mol. The molecule has 0 aliphatic heterocycles. The minimum absolute atomic E-state index is 0.166. The van der Waals surface area contributed by atoms with Gasteiger partial charge in [0.05, 0.1) is 22.0 Å². The fourth-order valence-electron chi connectivity index (χ4n) is 1.99. The molecule has 0 aromatic carbocycles. The molecule has 0 fully saturated rings. The highest BCUT2D eigenvalue weighted by Crippen LogP contribution is 2.29. The van der Waals surface area contributed by atoms with Gasteiger partial charge in [-0.3, -0.25) is 4.98 Å². The molecule has 4 N–H and O–H groups in total. The molecule has 3 aromatic heterocycles. The number of nitrogens with two attached hydrogens (primary N) is 2. The summed E-state index contributed by atoms with van der Waals surface area (Å²) in [4.78, 5) is 13.2. The van der Waals surface area contributed by atoms with Crippen LogP contribution in [0, 0.1) is 0 Å². The van der Waals surface area contributed by atoms with E-state index in [-0.39, 0.29) is 12.1 Å². The Hall–Kier alpha value is -1.89. The highest BCUT2D eigenvalue weighted by Gasteiger charge is 2.19. The predicted octanol–water partition coefficient (Wildman–Crippen LogP) is 2.10. The van der Waals surface area contributed by atoms with E-state index < -0.39 is 0 Å². The lowest BCUT2D eigenvalue weighted by atomic mass is 10.1. The maximum Gasteiger partial charge on any atom is 0.160 e. The van der Waals surface area contributed by atoms with E-state index in [2.05, 4.69) is 15.0 Å². The van der Waals surface area contributed by atoms with E-state index in [0.717, 1.165) is 21.5 Å². The number of thiophene rings is 1. The Morgan fingerprint density at radius 3 is 2.55 bits per heavy atom. The largest absolute Gasteiger partial charge is 0.326 e. The van der Waals surface area contributed by atoms with Gasteiger partial charge < -0.3 is 11.5 Å². The summed E-state index contributed by atoms with van der Waals surface area (Å²) < 4.78 is 1.01. The Labute approximate surface area is 120 Å². The van der Waals surface area contributed by atoms with Crippen LogP contribution < -0.4 is 11.5 Å². The summed E-state index contributed by atoms with van der Waals surface area (Å²) in [6.45, 7) is 1.89. The molecule has 0 aliphatic carbocycles. The molecule has 2 atom stereocenters. The van der Waals surface area contributed by atoms with Crippen molar-refractivity contribution in [3.05, 3.63) is 41.7 Å². The summed E-state index contributed by atoms with van der Waals surface area (Å²) in [6.07, 6.45) is 3.45. The molecule has 0 bridgehead atoms. The first-order valence-electron chi connectivity index (χ1n) is 6.33. The van der Waals surface area contributed by atoms with Crippen LogP contribution in [-0.4, -0.2) is 21.0 Å². The van der Waals surface area contributed by atoms with Crippen LogP contribution in [0.5, 0.6) is 0 Å². The third kappa shape index (κ3) is 2.29. The van der Waals surface area contributed by atoms with Crippen molar-refractivity contribution < 1.29 is 0 Å². The molecule has 5 nitrogen and oxygen atoms in total. The zero-order valence-electron chi connectivity index (χ0n) is 11.0. The van der Waals surface area contributed by atoms with E-state index in [1.807, 2.05) is 30.5 Å². The zero-order valence-corrected chi connectivity index (χ0v) is 11.8. The van der Waals surface area contributed by atoms with Crippen LogP contribution in [-0.2, 0) is 0 Å². The third-order valence-electron chi connectivity index (χ3n) is 3.15. The van der Waals surface area contributed by atoms with Gasteiger partial charge in [0.2, 0.25) is 0 Å². The number of aromatic nitrogens is 3. The topological polar surface area (TPSA) is 90.7 Å². The van der Waals surface area contributed by atoms with Gasteiger partial charge in [-0.25, -0.2) is 9.97 Å². The number of fused-ring (bicyclic) bond motifs is 1. The Balaban J connectivity index is 2.21. The van der Waals surface area contributed by atoms with Crippen LogP contribution >= 0.6 is 11.3 Å². The summed E-state index contributed by atoms with van der Waals surface area (Å²) in [5.74, 6) is 0.657. The van der Waals surface area contributed by atoms with Gasteiger partial charge >= 0.3 is 0 Å². The van der Waals surface area contributed by atoms with Crippen molar-refractivity contribution in [2.45, 2.75) is 19.0 Å². The van der Waals surface area contributed by atoms with Crippen LogP contribution in [0.4, 0.5) is 0 Å². The molecule has 0 aliphatic rings. The first kappa shape index (κ1) is 13.1. The van der Waals surface area contributed by atoms with E-state index in [1.165, 1.54) is 0 Å². The van der Waals surface area contributed by atoms with E-state index >= 15 is 0 Å². The van der Waals surface area contributed by atoms with Crippen LogP contribution in [0.2, 0.25) is 0 Å². The maximum atomic E-state index is 6.19. The first-order valence-corrected chi connectivity index (χ1v) is 7.21. The zero-order chi connectivity index (χ0) is 14.1. The Morgan fingerprint density at radius 1 is 1.10 bits per heavy atom. The molecule has 6 heteroatoms. The minimum Gasteiger partial charge on any atom is -0.326 e. The van der Waals surface area contributed by atoms with Crippen molar-refractivity contribution >= 4 is 21.6 Å². The molecule has 3 heterocycles. The van der Waals surface area contributed by atoms with E-state index in [9.17, 15) is 0 Å².